The molecule has 0 radical (unpaired) electrons. The van der Waals surface area contributed by atoms with Crippen LogP contribution in [0.25, 0.3) is 53.2 Å². The third-order valence-corrected chi connectivity index (χ3v) is 8.06. The van der Waals surface area contributed by atoms with Crippen LogP contribution < -0.4 is 0 Å². The van der Waals surface area contributed by atoms with E-state index in [0.29, 0.717) is 0 Å². The molecule has 33 heavy (non-hydrogen) atoms. The lowest BCUT2D eigenvalue weighted by molar-refractivity contribution is 1.15. The lowest BCUT2D eigenvalue weighted by Gasteiger charge is -2.16. The first-order chi connectivity index (χ1) is 16.3. The van der Waals surface area contributed by atoms with Crippen LogP contribution in [-0.4, -0.2) is 0 Å². The van der Waals surface area contributed by atoms with E-state index in [1.54, 1.807) is 0 Å². The smallest absolute Gasteiger partial charge is 0.0349 e. The Kier molecular flexibility index (Phi) is 5.00. The molecule has 1 heteroatoms. The van der Waals surface area contributed by atoms with E-state index in [4.69, 9.17) is 0 Å². The zero-order chi connectivity index (χ0) is 22.4. The molecule has 0 aliphatic carbocycles. The van der Waals surface area contributed by atoms with Gasteiger partial charge in [0.05, 0.1) is 0 Å². The highest BCUT2D eigenvalue weighted by atomic mass is 32.1. The van der Waals surface area contributed by atoms with Crippen LogP contribution in [0.1, 0.15) is 25.0 Å². The molecule has 5 aromatic carbocycles. The minimum absolute atomic E-state index is 1.04. The molecule has 6 rings (SSSR count). The Bertz CT molecular complexity index is 1630. The lowest BCUT2D eigenvalue weighted by atomic mass is 9.88. The quantitative estimate of drug-likeness (QED) is 0.238. The van der Waals surface area contributed by atoms with Gasteiger partial charge >= 0.3 is 0 Å². The summed E-state index contributed by atoms with van der Waals surface area (Å²) < 4.78 is 0. The van der Waals surface area contributed by atoms with Crippen molar-refractivity contribution in [2.75, 3.05) is 0 Å². The SMILES string of the molecule is CCc1c2ccccc2c(CC)c2cc(-c3ccc(-c4ccc5ccccc5c4)s3)ccc12. The highest BCUT2D eigenvalue weighted by Gasteiger charge is 2.14. The van der Waals surface area contributed by atoms with Gasteiger partial charge in [0.2, 0.25) is 0 Å². The Morgan fingerprint density at radius 1 is 0.485 bits per heavy atom. The van der Waals surface area contributed by atoms with Crippen molar-refractivity contribution in [1.82, 2.24) is 0 Å². The normalized spacial score (nSPS) is 11.6. The van der Waals surface area contributed by atoms with Crippen LogP contribution in [0.5, 0.6) is 0 Å². The van der Waals surface area contributed by atoms with E-state index in [9.17, 15) is 0 Å². The second-order valence-electron chi connectivity index (χ2n) is 8.70. The van der Waals surface area contributed by atoms with E-state index in [2.05, 4.69) is 111 Å². The van der Waals surface area contributed by atoms with Crippen molar-refractivity contribution >= 4 is 43.7 Å². The molecule has 160 valence electrons. The highest BCUT2D eigenvalue weighted by molar-refractivity contribution is 7.18. The van der Waals surface area contributed by atoms with Crippen LogP contribution >= 0.6 is 11.3 Å². The molecule has 0 amide bonds. The summed E-state index contributed by atoms with van der Waals surface area (Å²) in [5.74, 6) is 0. The average molecular weight is 443 g/mol. The van der Waals surface area contributed by atoms with Crippen LogP contribution in [0.3, 0.4) is 0 Å². The molecule has 0 unspecified atom stereocenters. The molecule has 0 saturated heterocycles. The highest BCUT2D eigenvalue weighted by Crippen LogP contribution is 2.39. The maximum Gasteiger partial charge on any atom is 0.0349 e. The third kappa shape index (κ3) is 3.35. The topological polar surface area (TPSA) is 0 Å². The summed E-state index contributed by atoms with van der Waals surface area (Å²) in [5, 5.41) is 8.21. The van der Waals surface area contributed by atoms with E-state index in [1.807, 2.05) is 11.3 Å². The fourth-order valence-electron chi connectivity index (χ4n) is 5.26. The van der Waals surface area contributed by atoms with Gasteiger partial charge in [-0.05, 0) is 91.7 Å². The van der Waals surface area contributed by atoms with Gasteiger partial charge in [0.1, 0.15) is 0 Å². The number of aryl methyl sites for hydroxylation is 2. The second kappa shape index (κ2) is 8.17. The van der Waals surface area contributed by atoms with Crippen LogP contribution in [0, 0.1) is 0 Å². The second-order valence-corrected chi connectivity index (χ2v) is 9.78. The predicted octanol–water partition coefficient (Wildman–Crippen LogP) is 9.67. The number of fused-ring (bicyclic) bond motifs is 3. The van der Waals surface area contributed by atoms with Gasteiger partial charge < -0.3 is 0 Å². The number of hydrogen-bond acceptors (Lipinski definition) is 1. The van der Waals surface area contributed by atoms with E-state index >= 15 is 0 Å². The minimum atomic E-state index is 1.04. The Hall–Kier alpha value is -3.42. The molecule has 0 aliphatic rings. The van der Waals surface area contributed by atoms with Crippen molar-refractivity contribution in [3.8, 4) is 20.9 Å². The zero-order valence-electron chi connectivity index (χ0n) is 19.1. The standard InChI is InChI=1S/C32H26S/c1-3-25-27-11-7-8-12-28(27)26(4-2)30-20-24(15-16-29(25)30)32-18-17-31(33-32)23-14-13-21-9-5-6-10-22(21)19-23/h5-20H,3-4H2,1-2H3. The van der Waals surface area contributed by atoms with Crippen molar-refractivity contribution in [3.05, 3.63) is 108 Å². The number of rotatable bonds is 4. The van der Waals surface area contributed by atoms with E-state index < -0.39 is 0 Å². The molecule has 0 N–H and O–H groups in total. The Morgan fingerprint density at radius 3 is 1.73 bits per heavy atom. The summed E-state index contributed by atoms with van der Waals surface area (Å²) >= 11 is 1.88. The Morgan fingerprint density at radius 2 is 1.03 bits per heavy atom. The fourth-order valence-corrected chi connectivity index (χ4v) is 6.26. The molecule has 0 bridgehead atoms. The summed E-state index contributed by atoms with van der Waals surface area (Å²) in [5.41, 5.74) is 5.53. The van der Waals surface area contributed by atoms with Crippen LogP contribution in [0.4, 0.5) is 0 Å². The van der Waals surface area contributed by atoms with Gasteiger partial charge in [-0.1, -0.05) is 86.6 Å². The average Bonchev–Trinajstić information content (AvgIpc) is 3.37. The monoisotopic (exact) mass is 442 g/mol. The zero-order valence-corrected chi connectivity index (χ0v) is 19.9. The van der Waals surface area contributed by atoms with Gasteiger partial charge in [0.15, 0.2) is 0 Å². The van der Waals surface area contributed by atoms with Crippen molar-refractivity contribution in [1.29, 1.82) is 0 Å². The molecule has 1 aromatic heterocycles. The molecule has 0 nitrogen and oxygen atoms in total. The van der Waals surface area contributed by atoms with E-state index in [0.717, 1.165) is 12.8 Å². The molecular weight excluding hydrogens is 416 g/mol. The lowest BCUT2D eigenvalue weighted by Crippen LogP contribution is -1.94. The maximum absolute atomic E-state index is 2.43. The summed E-state index contributed by atoms with van der Waals surface area (Å²) in [6, 6.07) is 35.9. The molecule has 0 saturated carbocycles. The number of benzene rings is 5. The van der Waals surface area contributed by atoms with Gasteiger partial charge in [-0.2, -0.15) is 0 Å². The van der Waals surface area contributed by atoms with Crippen LogP contribution in [0.15, 0.2) is 97.1 Å². The van der Waals surface area contributed by atoms with Crippen LogP contribution in [0.2, 0.25) is 0 Å². The van der Waals surface area contributed by atoms with Gasteiger partial charge in [-0.25, -0.2) is 0 Å². The first-order valence-corrected chi connectivity index (χ1v) is 12.6. The summed E-state index contributed by atoms with van der Waals surface area (Å²) in [6.45, 7) is 4.55. The van der Waals surface area contributed by atoms with Crippen molar-refractivity contribution in [2.24, 2.45) is 0 Å². The number of hydrogen-bond donors (Lipinski definition) is 0. The van der Waals surface area contributed by atoms with Gasteiger partial charge in [-0.15, -0.1) is 11.3 Å². The van der Waals surface area contributed by atoms with Crippen molar-refractivity contribution in [2.45, 2.75) is 26.7 Å². The van der Waals surface area contributed by atoms with Crippen molar-refractivity contribution in [3.63, 3.8) is 0 Å². The van der Waals surface area contributed by atoms with E-state index in [-0.39, 0.29) is 0 Å². The maximum atomic E-state index is 2.43. The molecule has 0 aliphatic heterocycles. The largest absolute Gasteiger partial charge is 0.135 e. The van der Waals surface area contributed by atoms with Gasteiger partial charge in [0, 0.05) is 9.75 Å². The first kappa shape index (κ1) is 20.2. The van der Waals surface area contributed by atoms with Crippen LogP contribution in [-0.2, 0) is 12.8 Å². The molecular formula is C32H26S. The van der Waals surface area contributed by atoms with Gasteiger partial charge in [-0.3, -0.25) is 0 Å². The molecule has 6 aromatic rings. The predicted molar refractivity (Wildman–Crippen MR) is 146 cm³/mol. The summed E-state index contributed by atoms with van der Waals surface area (Å²) in [7, 11) is 0. The number of thiophene rings is 1. The molecule has 0 atom stereocenters. The Labute approximate surface area is 199 Å². The molecule has 1 heterocycles. The summed E-state index contributed by atoms with van der Waals surface area (Å²) in [6.07, 6.45) is 2.09. The Balaban J connectivity index is 1.49. The van der Waals surface area contributed by atoms with E-state index in [1.165, 1.54) is 64.3 Å². The summed E-state index contributed by atoms with van der Waals surface area (Å²) in [4.78, 5) is 2.65. The fraction of sp³-hybridized carbons (Fsp3) is 0.125. The third-order valence-electron chi connectivity index (χ3n) is 6.88. The first-order valence-electron chi connectivity index (χ1n) is 11.8. The molecule has 0 spiro atoms. The molecule has 0 fully saturated rings. The van der Waals surface area contributed by atoms with Crippen molar-refractivity contribution < 1.29 is 0 Å². The minimum Gasteiger partial charge on any atom is -0.135 e. The van der Waals surface area contributed by atoms with Gasteiger partial charge in [0.25, 0.3) is 0 Å².